The zero-order valence-corrected chi connectivity index (χ0v) is 8.85. The van der Waals surface area contributed by atoms with E-state index in [4.69, 9.17) is 5.41 Å². The number of nitrogens with one attached hydrogen (secondary N) is 2. The van der Waals surface area contributed by atoms with Crippen LogP contribution in [0, 0.1) is 17.2 Å². The molecule has 0 saturated heterocycles. The minimum absolute atomic E-state index is 0.215. The quantitative estimate of drug-likeness (QED) is 0.670. The molecule has 0 bridgehead atoms. The predicted molar refractivity (Wildman–Crippen MR) is 61.5 cm³/mol. The van der Waals surface area contributed by atoms with Gasteiger partial charge in [0.05, 0.1) is 5.70 Å². The predicted octanol–water partition coefficient (Wildman–Crippen LogP) is 2.53. The van der Waals surface area contributed by atoms with Gasteiger partial charge in [0.2, 0.25) is 0 Å². The van der Waals surface area contributed by atoms with E-state index in [0.717, 1.165) is 29.0 Å². The van der Waals surface area contributed by atoms with E-state index in [2.05, 4.69) is 29.9 Å². The van der Waals surface area contributed by atoms with E-state index >= 15 is 0 Å². The monoisotopic (exact) mass is 198 g/mol. The van der Waals surface area contributed by atoms with E-state index in [9.17, 15) is 0 Å². The first-order chi connectivity index (χ1) is 7.19. The summed E-state index contributed by atoms with van der Waals surface area (Å²) < 4.78 is 0. The molecule has 1 aliphatic heterocycles. The van der Waals surface area contributed by atoms with E-state index in [0.29, 0.717) is 5.92 Å². The van der Waals surface area contributed by atoms with Crippen molar-refractivity contribution < 1.29 is 0 Å². The third-order valence-electron chi connectivity index (χ3n) is 2.94. The summed E-state index contributed by atoms with van der Waals surface area (Å²) in [5.74, 6) is 0.527. The van der Waals surface area contributed by atoms with Crippen molar-refractivity contribution in [1.29, 1.82) is 5.41 Å². The SMILES string of the molecule is C=C=C(C)CC1C(=N)C1C(=C=C)C1=CN1. The average Bonchev–Trinajstić information content (AvgIpc) is 3.12. The maximum absolute atomic E-state index is 7.84. The molecule has 2 atom stereocenters. The lowest BCUT2D eigenvalue weighted by Gasteiger charge is -1.97. The van der Waals surface area contributed by atoms with Gasteiger partial charge in [-0.15, -0.1) is 11.5 Å². The van der Waals surface area contributed by atoms with Gasteiger partial charge < -0.3 is 10.7 Å². The second-order valence-electron chi connectivity index (χ2n) is 3.99. The van der Waals surface area contributed by atoms with Crippen molar-refractivity contribution in [3.8, 4) is 0 Å². The number of allylic oxidation sites excluding steroid dienone is 2. The van der Waals surface area contributed by atoms with E-state index in [1.165, 1.54) is 0 Å². The van der Waals surface area contributed by atoms with E-state index in [1.54, 1.807) is 0 Å². The molecule has 1 aliphatic carbocycles. The molecular weight excluding hydrogens is 184 g/mol. The highest BCUT2D eigenvalue weighted by atomic mass is 15.0. The molecule has 15 heavy (non-hydrogen) atoms. The van der Waals surface area contributed by atoms with Crippen molar-refractivity contribution in [2.24, 2.45) is 11.8 Å². The van der Waals surface area contributed by atoms with Crippen molar-refractivity contribution in [2.75, 3.05) is 0 Å². The average molecular weight is 198 g/mol. The summed E-state index contributed by atoms with van der Waals surface area (Å²) in [6.07, 6.45) is 2.80. The Bertz CT molecular complexity index is 455. The first kappa shape index (κ1) is 9.79. The summed E-state index contributed by atoms with van der Waals surface area (Å²) >= 11 is 0. The molecule has 2 rings (SSSR count). The van der Waals surface area contributed by atoms with Gasteiger partial charge in [-0.2, -0.15) is 0 Å². The molecule has 1 fully saturated rings. The van der Waals surface area contributed by atoms with Gasteiger partial charge in [0.1, 0.15) is 0 Å². The van der Waals surface area contributed by atoms with Gasteiger partial charge in [-0.3, -0.25) is 0 Å². The summed E-state index contributed by atoms with van der Waals surface area (Å²) in [7, 11) is 0. The van der Waals surface area contributed by atoms with Crippen LogP contribution >= 0.6 is 0 Å². The van der Waals surface area contributed by atoms with Crippen LogP contribution in [0.2, 0.25) is 0 Å². The van der Waals surface area contributed by atoms with E-state index < -0.39 is 0 Å². The molecule has 0 amide bonds. The molecule has 0 radical (unpaired) electrons. The fourth-order valence-electron chi connectivity index (χ4n) is 1.87. The number of rotatable bonds is 4. The van der Waals surface area contributed by atoms with Gasteiger partial charge >= 0.3 is 0 Å². The molecule has 2 unspecified atom stereocenters. The Morgan fingerprint density at radius 2 is 2.20 bits per heavy atom. The minimum Gasteiger partial charge on any atom is -0.358 e. The molecule has 2 heteroatoms. The lowest BCUT2D eigenvalue weighted by atomic mass is 10.1. The van der Waals surface area contributed by atoms with Crippen molar-refractivity contribution in [3.05, 3.63) is 47.7 Å². The van der Waals surface area contributed by atoms with Crippen LogP contribution in [-0.2, 0) is 0 Å². The molecule has 76 valence electrons. The van der Waals surface area contributed by atoms with Crippen molar-refractivity contribution in [2.45, 2.75) is 13.3 Å². The molecule has 1 heterocycles. The number of hydrogen-bond donors (Lipinski definition) is 2. The number of hydrogen-bond acceptors (Lipinski definition) is 2. The lowest BCUT2D eigenvalue weighted by molar-refractivity contribution is 0.767. The van der Waals surface area contributed by atoms with Gasteiger partial charge in [-0.05, 0) is 18.9 Å². The smallest absolute Gasteiger partial charge is 0.0661 e. The Labute approximate surface area is 89.9 Å². The van der Waals surface area contributed by atoms with Crippen LogP contribution in [0.5, 0.6) is 0 Å². The lowest BCUT2D eigenvalue weighted by Crippen LogP contribution is -1.92. The standard InChI is InChI=1S/C13H14N2/c1-4-8(3)6-10-12(13(10)14)9(5-2)11-7-15-11/h7,10,12,14-15H,1-2,6H2,3H3. The van der Waals surface area contributed by atoms with Gasteiger partial charge in [-0.25, -0.2) is 0 Å². The molecular formula is C13H14N2. The van der Waals surface area contributed by atoms with Crippen molar-refractivity contribution >= 4 is 5.71 Å². The first-order valence-corrected chi connectivity index (χ1v) is 5.00. The maximum atomic E-state index is 7.84. The van der Waals surface area contributed by atoms with Crippen LogP contribution < -0.4 is 5.32 Å². The molecule has 1 saturated carbocycles. The minimum atomic E-state index is 0.215. The van der Waals surface area contributed by atoms with Crippen LogP contribution in [0.3, 0.4) is 0 Å². The zero-order valence-electron chi connectivity index (χ0n) is 8.85. The van der Waals surface area contributed by atoms with E-state index in [1.807, 2.05) is 13.1 Å². The molecule has 0 aromatic heterocycles. The van der Waals surface area contributed by atoms with Gasteiger partial charge in [0, 0.05) is 29.3 Å². The molecule has 0 aromatic rings. The zero-order chi connectivity index (χ0) is 11.0. The highest BCUT2D eigenvalue weighted by molar-refractivity contribution is 6.05. The summed E-state index contributed by atoms with van der Waals surface area (Å²) in [5, 5.41) is 10.9. The van der Waals surface area contributed by atoms with Crippen LogP contribution in [0.15, 0.2) is 47.7 Å². The Balaban J connectivity index is 2.08. The third-order valence-corrected chi connectivity index (χ3v) is 2.94. The van der Waals surface area contributed by atoms with Crippen LogP contribution in [0.25, 0.3) is 0 Å². The second kappa shape index (κ2) is 3.43. The summed E-state index contributed by atoms with van der Waals surface area (Å²) in [5.41, 5.74) is 9.83. The summed E-state index contributed by atoms with van der Waals surface area (Å²) in [6, 6.07) is 0. The van der Waals surface area contributed by atoms with Gasteiger partial charge in [0.15, 0.2) is 0 Å². The second-order valence-corrected chi connectivity index (χ2v) is 3.99. The van der Waals surface area contributed by atoms with Gasteiger partial charge in [-0.1, -0.05) is 13.2 Å². The fraction of sp³-hybridized carbons (Fsp3) is 0.308. The Morgan fingerprint density at radius 1 is 1.53 bits per heavy atom. The van der Waals surface area contributed by atoms with E-state index in [-0.39, 0.29) is 5.92 Å². The summed E-state index contributed by atoms with van der Waals surface area (Å²) in [4.78, 5) is 0. The van der Waals surface area contributed by atoms with Crippen molar-refractivity contribution in [3.63, 3.8) is 0 Å². The van der Waals surface area contributed by atoms with Gasteiger partial charge in [0.25, 0.3) is 0 Å². The highest BCUT2D eigenvalue weighted by Gasteiger charge is 2.48. The van der Waals surface area contributed by atoms with Crippen LogP contribution in [-0.4, -0.2) is 5.71 Å². The Morgan fingerprint density at radius 3 is 2.67 bits per heavy atom. The Hall–Kier alpha value is -1.75. The molecule has 2 N–H and O–H groups in total. The molecule has 0 aromatic carbocycles. The molecule has 2 nitrogen and oxygen atoms in total. The summed E-state index contributed by atoms with van der Waals surface area (Å²) in [6.45, 7) is 9.29. The Kier molecular flexibility index (Phi) is 2.24. The molecule has 2 aliphatic rings. The first-order valence-electron chi connectivity index (χ1n) is 5.00. The van der Waals surface area contributed by atoms with Crippen LogP contribution in [0.4, 0.5) is 0 Å². The van der Waals surface area contributed by atoms with Crippen molar-refractivity contribution in [1.82, 2.24) is 5.32 Å². The maximum Gasteiger partial charge on any atom is 0.0661 e. The van der Waals surface area contributed by atoms with Crippen LogP contribution in [0.1, 0.15) is 13.3 Å². The largest absolute Gasteiger partial charge is 0.358 e. The third kappa shape index (κ3) is 1.73. The highest BCUT2D eigenvalue weighted by Crippen LogP contribution is 2.46. The molecule has 0 spiro atoms. The topological polar surface area (TPSA) is 45.8 Å². The normalized spacial score (nSPS) is 25.7. The fourth-order valence-corrected chi connectivity index (χ4v) is 1.87.